The van der Waals surface area contributed by atoms with Gasteiger partial charge in [0, 0.05) is 12.1 Å². The summed E-state index contributed by atoms with van der Waals surface area (Å²) in [5, 5.41) is 8.61. The number of amides is 1. The van der Waals surface area contributed by atoms with Crippen molar-refractivity contribution in [3.63, 3.8) is 0 Å². The van der Waals surface area contributed by atoms with Crippen LogP contribution in [0.15, 0.2) is 0 Å². The molecular weight excluding hydrogens is 208 g/mol. The van der Waals surface area contributed by atoms with E-state index in [1.165, 1.54) is 0 Å². The molecule has 0 saturated carbocycles. The van der Waals surface area contributed by atoms with Gasteiger partial charge in [-0.05, 0) is 33.1 Å². The van der Waals surface area contributed by atoms with Gasteiger partial charge in [-0.25, -0.2) is 0 Å². The third-order valence-electron chi connectivity index (χ3n) is 3.16. The molecule has 0 aliphatic carbocycles. The molecule has 16 heavy (non-hydrogen) atoms. The summed E-state index contributed by atoms with van der Waals surface area (Å²) in [5.41, 5.74) is 5.60. The molecule has 0 aromatic rings. The highest BCUT2D eigenvalue weighted by Gasteiger charge is 2.32. The number of carbonyl (C=O) groups is 2. The molecule has 5 heteroatoms. The van der Waals surface area contributed by atoms with E-state index < -0.39 is 12.0 Å². The second kappa shape index (κ2) is 5.30. The monoisotopic (exact) mass is 228 g/mol. The number of carbonyl (C=O) groups excluding carboxylic acids is 1. The number of piperidine rings is 1. The molecule has 1 rings (SSSR count). The summed E-state index contributed by atoms with van der Waals surface area (Å²) in [5.74, 6) is -1.26. The van der Waals surface area contributed by atoms with Crippen LogP contribution in [0.4, 0.5) is 0 Å². The Bertz CT molecular complexity index is 270. The summed E-state index contributed by atoms with van der Waals surface area (Å²) in [7, 11) is 0. The minimum absolute atomic E-state index is 0.163. The van der Waals surface area contributed by atoms with Gasteiger partial charge in [0.2, 0.25) is 5.91 Å². The number of likely N-dealkylation sites (tertiary alicyclic amines) is 1. The van der Waals surface area contributed by atoms with Crippen LogP contribution in [0.1, 0.15) is 39.5 Å². The Labute approximate surface area is 95.6 Å². The molecule has 0 aromatic heterocycles. The molecule has 1 unspecified atom stereocenters. The van der Waals surface area contributed by atoms with Crippen LogP contribution in [-0.4, -0.2) is 40.0 Å². The second-order valence-corrected chi connectivity index (χ2v) is 4.58. The molecule has 0 aromatic carbocycles. The molecule has 1 aliphatic heterocycles. The van der Waals surface area contributed by atoms with Gasteiger partial charge in [0.1, 0.15) is 0 Å². The van der Waals surface area contributed by atoms with E-state index in [-0.39, 0.29) is 24.4 Å². The summed E-state index contributed by atoms with van der Waals surface area (Å²) < 4.78 is 0. The molecule has 1 aliphatic rings. The van der Waals surface area contributed by atoms with Crippen molar-refractivity contribution in [2.45, 2.75) is 57.7 Å². The molecule has 3 atom stereocenters. The van der Waals surface area contributed by atoms with Crippen molar-refractivity contribution in [2.75, 3.05) is 0 Å². The number of aliphatic carboxylic acids is 1. The van der Waals surface area contributed by atoms with E-state index in [9.17, 15) is 9.59 Å². The van der Waals surface area contributed by atoms with Crippen LogP contribution in [0.2, 0.25) is 0 Å². The van der Waals surface area contributed by atoms with Gasteiger partial charge in [-0.1, -0.05) is 0 Å². The van der Waals surface area contributed by atoms with Gasteiger partial charge >= 0.3 is 5.97 Å². The van der Waals surface area contributed by atoms with E-state index in [0.717, 1.165) is 19.3 Å². The fourth-order valence-electron chi connectivity index (χ4n) is 2.32. The number of carboxylic acids is 1. The average Bonchev–Trinajstić information content (AvgIpc) is 2.16. The Morgan fingerprint density at radius 3 is 2.31 bits per heavy atom. The van der Waals surface area contributed by atoms with Crippen molar-refractivity contribution in [1.82, 2.24) is 4.90 Å². The number of hydrogen-bond acceptors (Lipinski definition) is 3. The number of carboxylic acid groups (broad SMARTS) is 1. The van der Waals surface area contributed by atoms with Gasteiger partial charge in [-0.2, -0.15) is 0 Å². The van der Waals surface area contributed by atoms with E-state index >= 15 is 0 Å². The van der Waals surface area contributed by atoms with E-state index in [1.54, 1.807) is 4.90 Å². The van der Waals surface area contributed by atoms with Gasteiger partial charge in [0.25, 0.3) is 0 Å². The largest absolute Gasteiger partial charge is 0.481 e. The third-order valence-corrected chi connectivity index (χ3v) is 3.16. The minimum Gasteiger partial charge on any atom is -0.481 e. The van der Waals surface area contributed by atoms with Crippen LogP contribution in [-0.2, 0) is 9.59 Å². The van der Waals surface area contributed by atoms with Crippen LogP contribution in [0, 0.1) is 0 Å². The molecule has 1 saturated heterocycles. The van der Waals surface area contributed by atoms with Crippen molar-refractivity contribution >= 4 is 11.9 Å². The zero-order valence-corrected chi connectivity index (χ0v) is 9.85. The Balaban J connectivity index is 2.66. The van der Waals surface area contributed by atoms with Crippen molar-refractivity contribution < 1.29 is 14.7 Å². The smallest absolute Gasteiger partial charge is 0.305 e. The Morgan fingerprint density at radius 1 is 1.38 bits per heavy atom. The lowest BCUT2D eigenvalue weighted by atomic mass is 9.96. The summed E-state index contributed by atoms with van der Waals surface area (Å²) >= 11 is 0. The lowest BCUT2D eigenvalue weighted by Gasteiger charge is -2.40. The van der Waals surface area contributed by atoms with Gasteiger partial charge in [-0.15, -0.1) is 0 Å². The highest BCUT2D eigenvalue weighted by atomic mass is 16.4. The Kier molecular flexibility index (Phi) is 4.29. The van der Waals surface area contributed by atoms with Gasteiger partial charge in [-0.3, -0.25) is 9.59 Å². The number of nitrogens with two attached hydrogens (primary N) is 1. The molecule has 1 amide bonds. The van der Waals surface area contributed by atoms with Gasteiger partial charge in [0.15, 0.2) is 0 Å². The van der Waals surface area contributed by atoms with E-state index in [1.807, 2.05) is 13.8 Å². The number of nitrogens with zero attached hydrogens (tertiary/aromatic N) is 1. The second-order valence-electron chi connectivity index (χ2n) is 4.58. The standard InChI is InChI=1S/C11H20N2O3/c1-7-4-3-5-8(2)13(7)11(16)9(12)6-10(14)15/h7-9H,3-6,12H2,1-2H3,(H,14,15)/t7-,8+,9?. The fourth-order valence-corrected chi connectivity index (χ4v) is 2.32. The third kappa shape index (κ3) is 2.95. The summed E-state index contributed by atoms with van der Waals surface area (Å²) in [6, 6.07) is -0.590. The van der Waals surface area contributed by atoms with Crippen molar-refractivity contribution in [2.24, 2.45) is 5.73 Å². The first-order valence-corrected chi connectivity index (χ1v) is 5.73. The van der Waals surface area contributed by atoms with Crippen LogP contribution < -0.4 is 5.73 Å². The van der Waals surface area contributed by atoms with Crippen LogP contribution >= 0.6 is 0 Å². The quantitative estimate of drug-likeness (QED) is 0.740. The predicted octanol–water partition coefficient (Wildman–Crippen LogP) is 0.578. The number of rotatable bonds is 3. The lowest BCUT2D eigenvalue weighted by molar-refractivity contribution is -0.144. The number of hydrogen-bond donors (Lipinski definition) is 2. The highest BCUT2D eigenvalue weighted by Crippen LogP contribution is 2.23. The first-order valence-electron chi connectivity index (χ1n) is 5.73. The van der Waals surface area contributed by atoms with Gasteiger partial charge in [0.05, 0.1) is 12.5 Å². The highest BCUT2D eigenvalue weighted by molar-refractivity contribution is 5.86. The topological polar surface area (TPSA) is 83.6 Å². The summed E-state index contributed by atoms with van der Waals surface area (Å²) in [6.45, 7) is 3.97. The lowest BCUT2D eigenvalue weighted by Crippen LogP contribution is -2.53. The average molecular weight is 228 g/mol. The van der Waals surface area contributed by atoms with Crippen molar-refractivity contribution in [1.29, 1.82) is 0 Å². The zero-order valence-electron chi connectivity index (χ0n) is 9.85. The minimum atomic E-state index is -1.03. The molecule has 5 nitrogen and oxygen atoms in total. The fraction of sp³-hybridized carbons (Fsp3) is 0.818. The zero-order chi connectivity index (χ0) is 12.3. The van der Waals surface area contributed by atoms with Crippen LogP contribution in [0.3, 0.4) is 0 Å². The summed E-state index contributed by atoms with van der Waals surface area (Å²) in [4.78, 5) is 24.2. The van der Waals surface area contributed by atoms with Crippen molar-refractivity contribution in [3.05, 3.63) is 0 Å². The Morgan fingerprint density at radius 2 is 1.88 bits per heavy atom. The van der Waals surface area contributed by atoms with E-state index in [2.05, 4.69) is 0 Å². The van der Waals surface area contributed by atoms with E-state index in [4.69, 9.17) is 10.8 Å². The van der Waals surface area contributed by atoms with Crippen LogP contribution in [0.5, 0.6) is 0 Å². The van der Waals surface area contributed by atoms with Crippen molar-refractivity contribution in [3.8, 4) is 0 Å². The molecular formula is C11H20N2O3. The van der Waals surface area contributed by atoms with Gasteiger partial charge < -0.3 is 15.7 Å². The maximum atomic E-state index is 12.0. The molecule has 0 bridgehead atoms. The van der Waals surface area contributed by atoms with Crippen LogP contribution in [0.25, 0.3) is 0 Å². The molecule has 92 valence electrons. The maximum absolute atomic E-state index is 12.0. The Hall–Kier alpha value is -1.10. The first-order chi connectivity index (χ1) is 7.43. The normalized spacial score (nSPS) is 27.6. The molecule has 0 radical (unpaired) electrons. The molecule has 0 spiro atoms. The maximum Gasteiger partial charge on any atom is 0.305 e. The summed E-state index contributed by atoms with van der Waals surface area (Å²) in [6.07, 6.45) is 2.75. The van der Waals surface area contributed by atoms with E-state index in [0.29, 0.717) is 0 Å². The molecule has 1 heterocycles. The predicted molar refractivity (Wildman–Crippen MR) is 59.8 cm³/mol. The first kappa shape index (κ1) is 13.0. The SMILES string of the molecule is C[C@@H]1CCC[C@H](C)N1C(=O)C(N)CC(=O)O. The molecule has 3 N–H and O–H groups in total. The molecule has 1 fully saturated rings.